The van der Waals surface area contributed by atoms with Crippen LogP contribution in [-0.4, -0.2) is 29.4 Å². The maximum Gasteiger partial charge on any atom is 1.00 e. The van der Waals surface area contributed by atoms with Crippen molar-refractivity contribution in [2.45, 2.75) is 89.4 Å². The third kappa shape index (κ3) is 12.6. The van der Waals surface area contributed by atoms with Crippen LogP contribution in [0.15, 0.2) is 0 Å². The van der Waals surface area contributed by atoms with Crippen LogP contribution in [0.5, 0.6) is 0 Å². The van der Waals surface area contributed by atoms with Gasteiger partial charge in [0.05, 0.1) is 16.2 Å². The Balaban J connectivity index is 0. The van der Waals surface area contributed by atoms with Gasteiger partial charge in [-0.1, -0.05) is 46.0 Å². The summed E-state index contributed by atoms with van der Waals surface area (Å²) in [5, 5.41) is 8.65. The molecule has 1 N–H and O–H groups in total. The Hall–Kier alpha value is 0.870. The molecule has 0 bridgehead atoms. The predicted octanol–water partition coefficient (Wildman–Crippen LogP) is 0.206. The van der Waals surface area contributed by atoms with Gasteiger partial charge in [-0.15, -0.1) is 0 Å². The van der Waals surface area contributed by atoms with E-state index in [-0.39, 0.29) is 35.7 Å². The van der Waals surface area contributed by atoms with Gasteiger partial charge in [-0.05, 0) is 32.1 Å². The minimum absolute atomic E-state index is 0. The van der Waals surface area contributed by atoms with E-state index in [1.165, 1.54) is 0 Å². The monoisotopic (exact) mass is 316 g/mol. The molecular weight excluding hydrogens is 287 g/mol. The van der Waals surface area contributed by atoms with Gasteiger partial charge in [0.25, 0.3) is 0 Å². The molecule has 2 unspecified atom stereocenters. The summed E-state index contributed by atoms with van der Waals surface area (Å²) in [4.78, 5) is 0. The molecule has 0 saturated heterocycles. The van der Waals surface area contributed by atoms with Crippen molar-refractivity contribution in [2.75, 3.05) is 0 Å². The standard InChI is InChI=1S/C14H30O4S.Na/c1-3-5-6-7-8-11-14(19(16,17)18)12-9-10-13(15)4-2;/h13-15H,3-12H2,1-2H3,(H,16,17,18);/q;+1/p-1. The van der Waals surface area contributed by atoms with E-state index in [9.17, 15) is 18.1 Å². The summed E-state index contributed by atoms with van der Waals surface area (Å²) in [5.41, 5.74) is 0. The molecule has 0 aromatic rings. The number of rotatable bonds is 12. The Morgan fingerprint density at radius 2 is 1.50 bits per heavy atom. The number of hydrogen-bond acceptors (Lipinski definition) is 4. The molecule has 0 heterocycles. The molecular formula is C14H29NaO4S. The van der Waals surface area contributed by atoms with Crippen LogP contribution in [0.25, 0.3) is 0 Å². The van der Waals surface area contributed by atoms with Gasteiger partial charge in [-0.25, -0.2) is 8.42 Å². The van der Waals surface area contributed by atoms with Crippen molar-refractivity contribution in [3.05, 3.63) is 0 Å². The smallest absolute Gasteiger partial charge is 0.748 e. The van der Waals surface area contributed by atoms with Gasteiger partial charge in [-0.2, -0.15) is 0 Å². The van der Waals surface area contributed by atoms with E-state index in [1.807, 2.05) is 6.92 Å². The van der Waals surface area contributed by atoms with E-state index >= 15 is 0 Å². The van der Waals surface area contributed by atoms with Crippen LogP contribution in [0.3, 0.4) is 0 Å². The number of aliphatic hydroxyl groups excluding tert-OH is 1. The van der Waals surface area contributed by atoms with Crippen molar-refractivity contribution in [3.8, 4) is 0 Å². The first-order chi connectivity index (χ1) is 8.91. The van der Waals surface area contributed by atoms with Crippen LogP contribution in [-0.2, 0) is 10.1 Å². The molecule has 20 heavy (non-hydrogen) atoms. The van der Waals surface area contributed by atoms with Gasteiger partial charge >= 0.3 is 29.6 Å². The van der Waals surface area contributed by atoms with Crippen LogP contribution in [0.4, 0.5) is 0 Å². The molecule has 0 aromatic heterocycles. The first-order valence-electron chi connectivity index (χ1n) is 7.54. The summed E-state index contributed by atoms with van der Waals surface area (Å²) in [6, 6.07) is 0. The minimum Gasteiger partial charge on any atom is -0.748 e. The number of unbranched alkanes of at least 4 members (excludes halogenated alkanes) is 4. The van der Waals surface area contributed by atoms with E-state index in [2.05, 4.69) is 6.92 Å². The maximum absolute atomic E-state index is 11.2. The second kappa shape index (κ2) is 13.5. The fourth-order valence-electron chi connectivity index (χ4n) is 2.19. The third-order valence-electron chi connectivity index (χ3n) is 3.57. The van der Waals surface area contributed by atoms with Crippen LogP contribution in [0.2, 0.25) is 0 Å². The predicted molar refractivity (Wildman–Crippen MR) is 77.0 cm³/mol. The molecule has 0 aliphatic rings. The van der Waals surface area contributed by atoms with Crippen molar-refractivity contribution in [1.82, 2.24) is 0 Å². The third-order valence-corrected chi connectivity index (χ3v) is 4.86. The second-order valence-electron chi connectivity index (χ2n) is 5.31. The fourth-order valence-corrected chi connectivity index (χ4v) is 3.10. The Morgan fingerprint density at radius 3 is 2.00 bits per heavy atom. The van der Waals surface area contributed by atoms with Crippen LogP contribution < -0.4 is 29.6 Å². The van der Waals surface area contributed by atoms with Crippen molar-refractivity contribution < 1.29 is 47.6 Å². The summed E-state index contributed by atoms with van der Waals surface area (Å²) >= 11 is 0. The zero-order chi connectivity index (χ0) is 14.7. The van der Waals surface area contributed by atoms with E-state index < -0.39 is 15.4 Å². The minimum atomic E-state index is -4.19. The molecule has 0 radical (unpaired) electrons. The van der Waals surface area contributed by atoms with Crippen molar-refractivity contribution in [1.29, 1.82) is 0 Å². The van der Waals surface area contributed by atoms with Gasteiger partial charge in [-0.3, -0.25) is 0 Å². The average Bonchev–Trinajstić information content (AvgIpc) is 2.34. The molecule has 0 fully saturated rings. The summed E-state index contributed by atoms with van der Waals surface area (Å²) in [6.07, 6.45) is 7.57. The average molecular weight is 316 g/mol. The molecule has 4 nitrogen and oxygen atoms in total. The molecule has 0 aliphatic carbocycles. The molecule has 0 aromatic carbocycles. The van der Waals surface area contributed by atoms with Gasteiger partial charge in [0.1, 0.15) is 0 Å². The first kappa shape index (κ1) is 23.1. The zero-order valence-electron chi connectivity index (χ0n) is 13.3. The van der Waals surface area contributed by atoms with Gasteiger partial charge in [0.15, 0.2) is 0 Å². The van der Waals surface area contributed by atoms with Crippen LogP contribution in [0.1, 0.15) is 78.1 Å². The number of hydrogen-bond donors (Lipinski definition) is 1. The van der Waals surface area contributed by atoms with Crippen LogP contribution in [0, 0.1) is 0 Å². The van der Waals surface area contributed by atoms with E-state index in [0.717, 1.165) is 32.1 Å². The molecule has 0 rings (SSSR count). The van der Waals surface area contributed by atoms with Gasteiger partial charge < -0.3 is 9.66 Å². The molecule has 116 valence electrons. The van der Waals surface area contributed by atoms with Gasteiger partial charge in [0.2, 0.25) is 0 Å². The summed E-state index contributed by atoms with van der Waals surface area (Å²) in [6.45, 7) is 4.02. The Kier molecular flexibility index (Phi) is 15.7. The van der Waals surface area contributed by atoms with Crippen molar-refractivity contribution >= 4 is 10.1 Å². The molecule has 0 saturated carbocycles. The summed E-state index contributed by atoms with van der Waals surface area (Å²) < 4.78 is 33.5. The molecule has 0 aliphatic heterocycles. The van der Waals surface area contributed by atoms with E-state index in [1.54, 1.807) is 0 Å². The fraction of sp³-hybridized carbons (Fsp3) is 1.00. The molecule has 0 spiro atoms. The maximum atomic E-state index is 11.2. The van der Waals surface area contributed by atoms with Crippen LogP contribution >= 0.6 is 0 Å². The molecule has 6 heteroatoms. The largest absolute Gasteiger partial charge is 1.00 e. The van der Waals surface area contributed by atoms with Crippen molar-refractivity contribution in [3.63, 3.8) is 0 Å². The SMILES string of the molecule is CCCCCCCC(CCCC(O)CC)S(=O)(=O)[O-].[Na+]. The quantitative estimate of drug-likeness (QED) is 0.317. The van der Waals surface area contributed by atoms with Crippen molar-refractivity contribution in [2.24, 2.45) is 0 Å². The van der Waals surface area contributed by atoms with E-state index in [0.29, 0.717) is 32.1 Å². The second-order valence-corrected chi connectivity index (χ2v) is 6.96. The molecule has 0 amide bonds. The normalized spacial score (nSPS) is 14.6. The first-order valence-corrected chi connectivity index (χ1v) is 9.01. The van der Waals surface area contributed by atoms with Gasteiger partial charge in [0, 0.05) is 5.25 Å². The van der Waals surface area contributed by atoms with E-state index in [4.69, 9.17) is 0 Å². The number of aliphatic hydroxyl groups is 1. The summed E-state index contributed by atoms with van der Waals surface area (Å²) in [7, 11) is -4.19. The zero-order valence-corrected chi connectivity index (χ0v) is 16.1. The Labute approximate surface area is 146 Å². The Morgan fingerprint density at radius 1 is 0.950 bits per heavy atom. The topological polar surface area (TPSA) is 77.4 Å². The molecule has 2 atom stereocenters. The summed E-state index contributed by atoms with van der Waals surface area (Å²) in [5.74, 6) is 0. The Bertz CT molecular complexity index is 306.